The summed E-state index contributed by atoms with van der Waals surface area (Å²) in [4.78, 5) is 33.7. The minimum atomic E-state index is -0.231. The number of fused-ring (bicyclic) bond motifs is 1. The van der Waals surface area contributed by atoms with Gasteiger partial charge in [0, 0.05) is 28.7 Å². The molecule has 0 radical (unpaired) electrons. The topological polar surface area (TPSA) is 82.5 Å². The van der Waals surface area contributed by atoms with Crippen molar-refractivity contribution in [1.82, 2.24) is 19.0 Å². The number of ether oxygens (including phenoxy) is 1. The van der Waals surface area contributed by atoms with Crippen LogP contribution in [0, 0.1) is 0 Å². The van der Waals surface area contributed by atoms with Crippen molar-refractivity contribution in [3.63, 3.8) is 0 Å². The minimum absolute atomic E-state index is 0.0220. The quantitative estimate of drug-likeness (QED) is 0.205. The van der Waals surface area contributed by atoms with Gasteiger partial charge >= 0.3 is 5.69 Å². The Balaban J connectivity index is 1.45. The van der Waals surface area contributed by atoms with E-state index in [1.54, 1.807) is 38.4 Å². The number of benzene rings is 3. The molecule has 0 spiro atoms. The molecule has 10 heteroatoms. The molecule has 0 atom stereocenters. The predicted octanol–water partition coefficient (Wildman–Crippen LogP) is 6.82. The van der Waals surface area contributed by atoms with Gasteiger partial charge < -0.3 is 14.1 Å². The molecule has 1 aliphatic rings. The summed E-state index contributed by atoms with van der Waals surface area (Å²) in [5.74, 6) is 1.39. The fourth-order valence-electron chi connectivity index (χ4n) is 4.97. The number of imidazole rings is 1. The van der Waals surface area contributed by atoms with Gasteiger partial charge in [0.05, 0.1) is 35.2 Å². The van der Waals surface area contributed by atoms with Gasteiger partial charge in [-0.1, -0.05) is 41.9 Å². The van der Waals surface area contributed by atoms with Crippen LogP contribution in [0.5, 0.6) is 5.75 Å². The van der Waals surface area contributed by atoms with E-state index in [4.69, 9.17) is 20.8 Å². The molecule has 208 valence electrons. The van der Waals surface area contributed by atoms with Crippen molar-refractivity contribution in [1.29, 1.82) is 0 Å². The van der Waals surface area contributed by atoms with E-state index in [1.165, 1.54) is 0 Å². The zero-order valence-corrected chi connectivity index (χ0v) is 24.7. The normalized spacial score (nSPS) is 13.0. The van der Waals surface area contributed by atoms with Crippen LogP contribution in [0.4, 0.5) is 0 Å². The lowest BCUT2D eigenvalue weighted by Gasteiger charge is -2.28. The van der Waals surface area contributed by atoms with Crippen molar-refractivity contribution >= 4 is 33.4 Å². The highest BCUT2D eigenvalue weighted by molar-refractivity contribution is 9.10. The van der Waals surface area contributed by atoms with Gasteiger partial charge in [-0.3, -0.25) is 13.9 Å². The van der Waals surface area contributed by atoms with Crippen LogP contribution in [-0.4, -0.2) is 37.6 Å². The summed E-state index contributed by atoms with van der Waals surface area (Å²) in [6, 6.07) is 22.1. The Morgan fingerprint density at radius 2 is 1.80 bits per heavy atom. The van der Waals surface area contributed by atoms with Gasteiger partial charge in [0.2, 0.25) is 5.89 Å². The lowest BCUT2D eigenvalue weighted by atomic mass is 10.1. The maximum atomic E-state index is 13.9. The number of rotatable bonds is 6. The minimum Gasteiger partial charge on any atom is -0.491 e. The van der Waals surface area contributed by atoms with Crippen LogP contribution in [0.3, 0.4) is 0 Å². The molecule has 1 amide bonds. The molecule has 1 aliphatic heterocycles. The molecule has 3 aromatic carbocycles. The Morgan fingerprint density at radius 1 is 1.05 bits per heavy atom. The van der Waals surface area contributed by atoms with Gasteiger partial charge in [-0.15, -0.1) is 0 Å². The van der Waals surface area contributed by atoms with Crippen molar-refractivity contribution in [2.45, 2.75) is 33.0 Å². The van der Waals surface area contributed by atoms with Gasteiger partial charge in [-0.05, 0) is 72.2 Å². The van der Waals surface area contributed by atoms with E-state index in [9.17, 15) is 9.59 Å². The number of amides is 1. The second-order valence-electron chi connectivity index (χ2n) is 9.98. The number of hydrogen-bond donors (Lipinski definition) is 0. The molecule has 6 rings (SSSR count). The number of oxazole rings is 1. The molecule has 0 saturated heterocycles. The number of aromatic nitrogens is 3. The third-order valence-electron chi connectivity index (χ3n) is 6.87. The van der Waals surface area contributed by atoms with Gasteiger partial charge in [-0.2, -0.15) is 0 Å². The van der Waals surface area contributed by atoms with Gasteiger partial charge in [0.1, 0.15) is 11.4 Å². The average Bonchev–Trinajstić information content (AvgIpc) is 3.57. The Kier molecular flexibility index (Phi) is 7.32. The summed E-state index contributed by atoms with van der Waals surface area (Å²) in [5, 5.41) is 0.453. The Labute approximate surface area is 249 Å². The number of nitrogens with zero attached hydrogens (tertiary/aromatic N) is 4. The van der Waals surface area contributed by atoms with E-state index in [-0.39, 0.29) is 30.1 Å². The highest BCUT2D eigenvalue weighted by Crippen LogP contribution is 2.33. The fourth-order valence-corrected chi connectivity index (χ4v) is 5.40. The standard InChI is InChI=1S/C31H26BrClN4O4/c1-19(2)40-23-11-9-22(10-12-23)37-28(29-34-17-27(41-29)20-6-4-3-5-7-20)26-18-35(14-15-36(26)31(37)39)30(38)21-8-13-24(32)25(33)16-21/h3-13,16-17,19H,14-15,18H2,1-2H3. The van der Waals surface area contributed by atoms with Crippen molar-refractivity contribution < 1.29 is 13.9 Å². The Hall–Kier alpha value is -4.08. The summed E-state index contributed by atoms with van der Waals surface area (Å²) in [6.45, 7) is 4.80. The second kappa shape index (κ2) is 11.1. The smallest absolute Gasteiger partial charge is 0.333 e. The number of carbonyl (C=O) groups excluding carboxylic acids is 1. The zero-order valence-electron chi connectivity index (χ0n) is 22.4. The molecule has 3 heterocycles. The van der Waals surface area contributed by atoms with Crippen LogP contribution in [0.25, 0.3) is 28.6 Å². The summed E-state index contributed by atoms with van der Waals surface area (Å²) in [5.41, 5.74) is 2.89. The van der Waals surface area contributed by atoms with Crippen LogP contribution < -0.4 is 10.4 Å². The molecular weight excluding hydrogens is 608 g/mol. The first-order valence-electron chi connectivity index (χ1n) is 13.2. The molecule has 0 fully saturated rings. The fraction of sp³-hybridized carbons (Fsp3) is 0.194. The third kappa shape index (κ3) is 5.23. The monoisotopic (exact) mass is 632 g/mol. The molecule has 0 saturated carbocycles. The molecule has 41 heavy (non-hydrogen) atoms. The first kappa shape index (κ1) is 27.1. The molecule has 0 aliphatic carbocycles. The molecule has 0 bridgehead atoms. The van der Waals surface area contributed by atoms with Crippen molar-refractivity contribution in [2.75, 3.05) is 6.54 Å². The highest BCUT2D eigenvalue weighted by Gasteiger charge is 2.32. The first-order valence-corrected chi connectivity index (χ1v) is 14.3. The van der Waals surface area contributed by atoms with Crippen LogP contribution in [0.15, 0.2) is 92.7 Å². The van der Waals surface area contributed by atoms with Gasteiger partial charge in [-0.25, -0.2) is 9.78 Å². The van der Waals surface area contributed by atoms with Crippen LogP contribution >= 0.6 is 27.5 Å². The molecule has 0 N–H and O–H groups in total. The summed E-state index contributed by atoms with van der Waals surface area (Å²) < 4.78 is 16.1. The van der Waals surface area contributed by atoms with Crippen molar-refractivity contribution in [3.05, 3.63) is 110 Å². The van der Waals surface area contributed by atoms with E-state index in [2.05, 4.69) is 20.9 Å². The number of carbonyl (C=O) groups is 1. The van der Waals surface area contributed by atoms with Crippen LogP contribution in [0.1, 0.15) is 29.9 Å². The van der Waals surface area contributed by atoms with E-state index in [1.807, 2.05) is 68.4 Å². The summed E-state index contributed by atoms with van der Waals surface area (Å²) in [6.07, 6.45) is 1.67. The second-order valence-corrected chi connectivity index (χ2v) is 11.2. The van der Waals surface area contributed by atoms with Crippen LogP contribution in [-0.2, 0) is 13.1 Å². The molecule has 0 unspecified atom stereocenters. The van der Waals surface area contributed by atoms with Crippen LogP contribution in [0.2, 0.25) is 5.02 Å². The van der Waals surface area contributed by atoms with Gasteiger partial charge in [0.15, 0.2) is 5.76 Å². The van der Waals surface area contributed by atoms with Gasteiger partial charge in [0.25, 0.3) is 5.91 Å². The molecule has 8 nitrogen and oxygen atoms in total. The Morgan fingerprint density at radius 3 is 2.51 bits per heavy atom. The van der Waals surface area contributed by atoms with E-state index in [0.717, 1.165) is 5.56 Å². The van der Waals surface area contributed by atoms with E-state index in [0.29, 0.717) is 56.7 Å². The SMILES string of the molecule is CC(C)Oc1ccc(-n2c(-c3ncc(-c4ccccc4)o3)c3n(c2=O)CCN(C(=O)c2ccc(Br)c(Cl)c2)C3)cc1. The first-order chi connectivity index (χ1) is 19.8. The van der Waals surface area contributed by atoms with Crippen molar-refractivity contribution in [2.24, 2.45) is 0 Å². The average molecular weight is 634 g/mol. The van der Waals surface area contributed by atoms with E-state index >= 15 is 0 Å². The summed E-state index contributed by atoms with van der Waals surface area (Å²) in [7, 11) is 0. The van der Waals surface area contributed by atoms with Crippen molar-refractivity contribution in [3.8, 4) is 34.3 Å². The largest absolute Gasteiger partial charge is 0.491 e. The maximum Gasteiger partial charge on any atom is 0.333 e. The summed E-state index contributed by atoms with van der Waals surface area (Å²) >= 11 is 9.65. The molecule has 2 aromatic heterocycles. The third-order valence-corrected chi connectivity index (χ3v) is 8.10. The number of hydrogen-bond acceptors (Lipinski definition) is 5. The van der Waals surface area contributed by atoms with E-state index < -0.39 is 0 Å². The number of halogens is 2. The molecular formula is C31H26BrClN4O4. The predicted molar refractivity (Wildman–Crippen MR) is 161 cm³/mol. The zero-order chi connectivity index (χ0) is 28.7. The highest BCUT2D eigenvalue weighted by atomic mass is 79.9. The Bertz CT molecular complexity index is 1790. The maximum absolute atomic E-state index is 13.9. The molecule has 5 aromatic rings. The lowest BCUT2D eigenvalue weighted by molar-refractivity contribution is 0.0710. The lowest BCUT2D eigenvalue weighted by Crippen LogP contribution is -2.40.